The van der Waals surface area contributed by atoms with Gasteiger partial charge in [-0.3, -0.25) is 24.0 Å². The second kappa shape index (κ2) is 14.8. The zero-order chi connectivity index (χ0) is 29.8. The summed E-state index contributed by atoms with van der Waals surface area (Å²) in [7, 11) is 0. The number of carbonyl (C=O) groups excluding carboxylic acids is 3. The van der Waals surface area contributed by atoms with Gasteiger partial charge in [-0.2, -0.15) is 0 Å². The number of phenols is 1. The van der Waals surface area contributed by atoms with Gasteiger partial charge < -0.3 is 42.1 Å². The summed E-state index contributed by atoms with van der Waals surface area (Å²) in [5, 5.41) is 43.6. The number of amides is 3. The molecular weight excluding hydrogens is 528 g/mol. The van der Waals surface area contributed by atoms with Gasteiger partial charge in [0.2, 0.25) is 17.7 Å². The Labute approximate surface area is 228 Å². The quantitative estimate of drug-likeness (QED) is 0.132. The van der Waals surface area contributed by atoms with Crippen LogP contribution in [0.1, 0.15) is 24.0 Å². The van der Waals surface area contributed by atoms with Gasteiger partial charge in [-0.25, -0.2) is 4.79 Å². The average Bonchev–Trinajstić information content (AvgIpc) is 2.88. The molecule has 14 heteroatoms. The normalized spacial score (nSPS) is 13.6. The van der Waals surface area contributed by atoms with E-state index in [-0.39, 0.29) is 18.6 Å². The van der Waals surface area contributed by atoms with E-state index < -0.39 is 72.6 Å². The molecule has 0 heterocycles. The van der Waals surface area contributed by atoms with Gasteiger partial charge in [0.05, 0.1) is 18.9 Å². The van der Waals surface area contributed by atoms with Crippen molar-refractivity contribution in [2.24, 2.45) is 5.73 Å². The largest absolute Gasteiger partial charge is 0.508 e. The molecule has 0 spiro atoms. The first-order chi connectivity index (χ1) is 18.8. The molecule has 0 aliphatic heterocycles. The number of hydrogen-bond acceptors (Lipinski definition) is 8. The minimum atomic E-state index is -1.80. The highest BCUT2D eigenvalue weighted by Gasteiger charge is 2.32. The number of phenolic OH excluding ortho intramolecular Hbond substituents is 1. The topological polar surface area (TPSA) is 245 Å². The van der Waals surface area contributed by atoms with Crippen LogP contribution in [-0.4, -0.2) is 80.2 Å². The predicted octanol–water partition coefficient (Wildman–Crippen LogP) is -1.01. The van der Waals surface area contributed by atoms with Crippen molar-refractivity contribution in [2.45, 2.75) is 49.9 Å². The second-order valence-electron chi connectivity index (χ2n) is 8.88. The number of rotatable bonds is 15. The molecule has 0 aromatic heterocycles. The van der Waals surface area contributed by atoms with Crippen molar-refractivity contribution >= 4 is 35.6 Å². The van der Waals surface area contributed by atoms with Gasteiger partial charge in [0.15, 0.2) is 0 Å². The van der Waals surface area contributed by atoms with Crippen LogP contribution in [0.25, 0.3) is 0 Å². The molecule has 2 rings (SSSR count). The van der Waals surface area contributed by atoms with Crippen LogP contribution >= 0.6 is 0 Å². The highest BCUT2D eigenvalue weighted by atomic mass is 16.4. The molecule has 9 N–H and O–H groups in total. The maximum atomic E-state index is 13.1. The van der Waals surface area contributed by atoms with E-state index in [1.807, 2.05) is 0 Å². The smallest absolute Gasteiger partial charge is 0.326 e. The lowest BCUT2D eigenvalue weighted by atomic mass is 10.0. The fourth-order valence-corrected chi connectivity index (χ4v) is 3.62. The first kappa shape index (κ1) is 31.2. The first-order valence-electron chi connectivity index (χ1n) is 12.0. The van der Waals surface area contributed by atoms with E-state index in [4.69, 9.17) is 10.8 Å². The number of carbonyl (C=O) groups is 6. The van der Waals surface area contributed by atoms with E-state index in [1.165, 1.54) is 24.3 Å². The van der Waals surface area contributed by atoms with Crippen molar-refractivity contribution in [3.05, 3.63) is 65.7 Å². The number of aromatic hydroxyl groups is 1. The maximum absolute atomic E-state index is 13.1. The van der Waals surface area contributed by atoms with Gasteiger partial charge in [-0.1, -0.05) is 42.5 Å². The van der Waals surface area contributed by atoms with Crippen LogP contribution in [0, 0.1) is 0 Å². The fraction of sp³-hybridized carbons (Fsp3) is 0.308. The number of carboxylic acid groups (broad SMARTS) is 3. The lowest BCUT2D eigenvalue weighted by Gasteiger charge is -2.24. The number of hydrogen-bond donors (Lipinski definition) is 8. The first-order valence-corrected chi connectivity index (χ1v) is 12.0. The van der Waals surface area contributed by atoms with Gasteiger partial charge in [0.25, 0.3) is 0 Å². The Kier molecular flexibility index (Phi) is 11.6. The van der Waals surface area contributed by atoms with Crippen molar-refractivity contribution in [1.29, 1.82) is 0 Å². The Morgan fingerprint density at radius 1 is 0.625 bits per heavy atom. The molecule has 0 bridgehead atoms. The zero-order valence-electron chi connectivity index (χ0n) is 21.1. The molecule has 4 atom stereocenters. The summed E-state index contributed by atoms with van der Waals surface area (Å²) in [6.07, 6.45) is -1.94. The Hall–Kier alpha value is -4.98. The van der Waals surface area contributed by atoms with Crippen LogP contribution in [0.3, 0.4) is 0 Å². The van der Waals surface area contributed by atoms with Crippen molar-refractivity contribution in [3.63, 3.8) is 0 Å². The molecule has 3 amide bonds. The molecule has 40 heavy (non-hydrogen) atoms. The molecule has 14 nitrogen and oxygen atoms in total. The number of nitrogens with two attached hydrogens (primary N) is 1. The molecule has 2 aromatic carbocycles. The average molecular weight is 559 g/mol. The molecule has 0 aliphatic carbocycles. The molecule has 0 saturated carbocycles. The third-order valence-electron chi connectivity index (χ3n) is 5.65. The van der Waals surface area contributed by atoms with Gasteiger partial charge in [-0.15, -0.1) is 0 Å². The van der Waals surface area contributed by atoms with Crippen LogP contribution in [-0.2, 0) is 41.6 Å². The fourth-order valence-electron chi connectivity index (χ4n) is 3.62. The van der Waals surface area contributed by atoms with Gasteiger partial charge in [0, 0.05) is 6.42 Å². The lowest BCUT2D eigenvalue weighted by Crippen LogP contribution is -2.58. The number of nitrogens with one attached hydrogen (secondary N) is 3. The van der Waals surface area contributed by atoms with E-state index >= 15 is 0 Å². The maximum Gasteiger partial charge on any atom is 0.326 e. The Balaban J connectivity index is 2.21. The molecule has 0 radical (unpaired) electrons. The summed E-state index contributed by atoms with van der Waals surface area (Å²) in [5.74, 6) is -7.48. The van der Waals surface area contributed by atoms with E-state index in [0.717, 1.165) is 0 Å². The zero-order valence-corrected chi connectivity index (χ0v) is 21.1. The Morgan fingerprint density at radius 3 is 1.65 bits per heavy atom. The van der Waals surface area contributed by atoms with Gasteiger partial charge in [-0.05, 0) is 29.7 Å². The van der Waals surface area contributed by atoms with Gasteiger partial charge >= 0.3 is 17.9 Å². The Morgan fingerprint density at radius 2 is 1.10 bits per heavy atom. The molecule has 0 aliphatic rings. The van der Waals surface area contributed by atoms with Crippen LogP contribution in [0.5, 0.6) is 5.75 Å². The van der Waals surface area contributed by atoms with Crippen LogP contribution in [0.15, 0.2) is 54.6 Å². The minimum absolute atomic E-state index is 0.00620. The second-order valence-corrected chi connectivity index (χ2v) is 8.88. The molecular formula is C26H30N4O10. The van der Waals surface area contributed by atoms with Crippen LogP contribution < -0.4 is 21.7 Å². The summed E-state index contributed by atoms with van der Waals surface area (Å²) in [5.41, 5.74) is 7.06. The number of benzene rings is 2. The van der Waals surface area contributed by atoms with E-state index in [1.54, 1.807) is 30.3 Å². The van der Waals surface area contributed by atoms with E-state index in [9.17, 15) is 44.1 Å². The van der Waals surface area contributed by atoms with Crippen molar-refractivity contribution < 1.29 is 49.2 Å². The molecule has 214 valence electrons. The van der Waals surface area contributed by atoms with Crippen LogP contribution in [0.2, 0.25) is 0 Å². The molecule has 2 aromatic rings. The molecule has 0 saturated heterocycles. The van der Waals surface area contributed by atoms with Crippen molar-refractivity contribution in [3.8, 4) is 5.75 Å². The summed E-state index contributed by atoms with van der Waals surface area (Å²) in [6, 6.07) is 8.00. The third-order valence-corrected chi connectivity index (χ3v) is 5.65. The monoisotopic (exact) mass is 558 g/mol. The molecule has 4 unspecified atom stereocenters. The van der Waals surface area contributed by atoms with Crippen LogP contribution in [0.4, 0.5) is 0 Å². The predicted molar refractivity (Wildman–Crippen MR) is 138 cm³/mol. The molecule has 0 fully saturated rings. The lowest BCUT2D eigenvalue weighted by molar-refractivity contribution is -0.147. The number of carboxylic acids is 3. The minimum Gasteiger partial charge on any atom is -0.508 e. The summed E-state index contributed by atoms with van der Waals surface area (Å²) < 4.78 is 0. The number of aliphatic carboxylic acids is 3. The summed E-state index contributed by atoms with van der Waals surface area (Å²) >= 11 is 0. The third kappa shape index (κ3) is 10.4. The van der Waals surface area contributed by atoms with E-state index in [0.29, 0.717) is 11.1 Å². The summed E-state index contributed by atoms with van der Waals surface area (Å²) in [4.78, 5) is 72.6. The van der Waals surface area contributed by atoms with Gasteiger partial charge in [0.1, 0.15) is 23.9 Å². The van der Waals surface area contributed by atoms with Crippen molar-refractivity contribution in [1.82, 2.24) is 16.0 Å². The Bertz CT molecular complexity index is 1220. The highest BCUT2D eigenvalue weighted by Crippen LogP contribution is 2.11. The standard InChI is InChI=1S/C26H30N4O10/c27-17(10-15-6-8-16(31)9-7-15)23(36)28-19(12-21(32)33)25(38)29-18(11-14-4-2-1-3-5-14)24(37)30-20(26(39)40)13-22(34)35/h1-9,17-20,31H,10-13,27H2,(H,28,36)(H,29,38)(H,30,37)(H,32,33)(H,34,35)(H,39,40). The SMILES string of the molecule is NC(Cc1ccc(O)cc1)C(=O)NC(CC(=O)O)C(=O)NC(Cc1ccccc1)C(=O)NC(CC(=O)O)C(=O)O. The van der Waals surface area contributed by atoms with E-state index in [2.05, 4.69) is 16.0 Å². The highest BCUT2D eigenvalue weighted by molar-refractivity contribution is 5.96. The van der Waals surface area contributed by atoms with Crippen molar-refractivity contribution in [2.75, 3.05) is 0 Å². The summed E-state index contributed by atoms with van der Waals surface area (Å²) in [6.45, 7) is 0.